The molecule has 0 bridgehead atoms. The van der Waals surface area contributed by atoms with Gasteiger partial charge in [0, 0.05) is 25.0 Å². The molecule has 3 atom stereocenters. The monoisotopic (exact) mass is 274 g/mol. The fourth-order valence-electron chi connectivity index (χ4n) is 3.92. The highest BCUT2D eigenvalue weighted by molar-refractivity contribution is 5.73. The normalized spacial score (nSPS) is 30.7. The lowest BCUT2D eigenvalue weighted by Gasteiger charge is -2.47. The Hall–Kier alpha value is -1.42. The summed E-state index contributed by atoms with van der Waals surface area (Å²) in [5.41, 5.74) is 1.16. The maximum absolute atomic E-state index is 11.6. The maximum atomic E-state index is 11.6. The minimum absolute atomic E-state index is 0.317. The Morgan fingerprint density at radius 3 is 2.70 bits per heavy atom. The van der Waals surface area contributed by atoms with Crippen LogP contribution in [0, 0.1) is 5.92 Å². The molecular formula is C16H22N2O2. The molecule has 0 amide bonds. The summed E-state index contributed by atoms with van der Waals surface area (Å²) in [6.07, 6.45) is 10.4. The molecule has 4 nitrogen and oxygen atoms in total. The SMILES string of the molecule is O=C(O)C1CCC2CCCCC2N1Cc1ccncc1. The minimum atomic E-state index is -0.664. The van der Waals surface area contributed by atoms with E-state index in [9.17, 15) is 9.90 Å². The van der Waals surface area contributed by atoms with Crippen LogP contribution in [0.2, 0.25) is 0 Å². The van der Waals surface area contributed by atoms with Gasteiger partial charge in [0.2, 0.25) is 0 Å². The highest BCUT2D eigenvalue weighted by Crippen LogP contribution is 2.38. The number of nitrogens with zero attached hydrogens (tertiary/aromatic N) is 2. The summed E-state index contributed by atoms with van der Waals surface area (Å²) in [6.45, 7) is 0.737. The molecule has 3 rings (SSSR count). The van der Waals surface area contributed by atoms with Crippen molar-refractivity contribution < 1.29 is 9.90 Å². The Balaban J connectivity index is 1.82. The highest BCUT2D eigenvalue weighted by atomic mass is 16.4. The minimum Gasteiger partial charge on any atom is -0.480 e. The number of carbonyl (C=O) groups is 1. The number of hydrogen-bond acceptors (Lipinski definition) is 3. The van der Waals surface area contributed by atoms with Gasteiger partial charge in [-0.05, 0) is 49.3 Å². The number of carboxylic acid groups (broad SMARTS) is 1. The third-order valence-corrected chi connectivity index (χ3v) is 4.91. The van der Waals surface area contributed by atoms with E-state index in [2.05, 4.69) is 9.88 Å². The summed E-state index contributed by atoms with van der Waals surface area (Å²) in [4.78, 5) is 17.9. The Morgan fingerprint density at radius 2 is 1.95 bits per heavy atom. The van der Waals surface area contributed by atoms with Crippen molar-refractivity contribution in [2.45, 2.75) is 57.2 Å². The molecule has 108 valence electrons. The number of fused-ring (bicyclic) bond motifs is 1. The van der Waals surface area contributed by atoms with Gasteiger partial charge in [-0.25, -0.2) is 0 Å². The number of pyridine rings is 1. The van der Waals surface area contributed by atoms with Gasteiger partial charge in [-0.2, -0.15) is 0 Å². The fraction of sp³-hybridized carbons (Fsp3) is 0.625. The zero-order chi connectivity index (χ0) is 13.9. The van der Waals surface area contributed by atoms with E-state index >= 15 is 0 Å². The molecule has 1 saturated carbocycles. The molecule has 1 saturated heterocycles. The zero-order valence-electron chi connectivity index (χ0n) is 11.7. The first kappa shape index (κ1) is 13.6. The molecule has 3 unspecified atom stereocenters. The van der Waals surface area contributed by atoms with Crippen LogP contribution in [-0.4, -0.2) is 33.0 Å². The van der Waals surface area contributed by atoms with E-state index < -0.39 is 5.97 Å². The van der Waals surface area contributed by atoms with Gasteiger partial charge >= 0.3 is 5.97 Å². The standard InChI is InChI=1S/C16H22N2O2/c19-16(20)15-6-5-13-3-1-2-4-14(13)18(15)11-12-7-9-17-10-8-12/h7-10,13-15H,1-6,11H2,(H,19,20). The molecule has 2 heterocycles. The van der Waals surface area contributed by atoms with Crippen LogP contribution in [0.1, 0.15) is 44.1 Å². The highest BCUT2D eigenvalue weighted by Gasteiger charge is 2.41. The van der Waals surface area contributed by atoms with Crippen LogP contribution in [0.3, 0.4) is 0 Å². The number of likely N-dealkylation sites (tertiary alicyclic amines) is 1. The van der Waals surface area contributed by atoms with Gasteiger partial charge in [0.25, 0.3) is 0 Å². The van der Waals surface area contributed by atoms with E-state index in [0.29, 0.717) is 12.0 Å². The third kappa shape index (κ3) is 2.70. The first-order valence-electron chi connectivity index (χ1n) is 7.63. The van der Waals surface area contributed by atoms with Gasteiger partial charge in [0.05, 0.1) is 0 Å². The van der Waals surface area contributed by atoms with Crippen LogP contribution >= 0.6 is 0 Å². The molecule has 0 aromatic carbocycles. The molecular weight excluding hydrogens is 252 g/mol. The van der Waals surface area contributed by atoms with Crippen molar-refractivity contribution in [1.82, 2.24) is 9.88 Å². The summed E-state index contributed by atoms with van der Waals surface area (Å²) in [7, 11) is 0. The molecule has 0 radical (unpaired) electrons. The lowest BCUT2D eigenvalue weighted by molar-refractivity contribution is -0.148. The molecule has 1 aromatic heterocycles. The fourth-order valence-corrected chi connectivity index (χ4v) is 3.92. The van der Waals surface area contributed by atoms with Gasteiger partial charge in [-0.15, -0.1) is 0 Å². The third-order valence-electron chi connectivity index (χ3n) is 4.91. The van der Waals surface area contributed by atoms with E-state index in [-0.39, 0.29) is 6.04 Å². The van der Waals surface area contributed by atoms with Crippen molar-refractivity contribution in [2.24, 2.45) is 5.92 Å². The predicted molar refractivity (Wildman–Crippen MR) is 76.2 cm³/mol. The Labute approximate surface area is 119 Å². The zero-order valence-corrected chi connectivity index (χ0v) is 11.7. The van der Waals surface area contributed by atoms with Crippen LogP contribution in [0.4, 0.5) is 0 Å². The summed E-state index contributed by atoms with van der Waals surface area (Å²) in [6, 6.07) is 4.12. The second kappa shape index (κ2) is 5.92. The molecule has 20 heavy (non-hydrogen) atoms. The molecule has 2 fully saturated rings. The number of piperidine rings is 1. The smallest absolute Gasteiger partial charge is 0.320 e. The lowest BCUT2D eigenvalue weighted by Crippen LogP contribution is -2.54. The summed E-state index contributed by atoms with van der Waals surface area (Å²) < 4.78 is 0. The van der Waals surface area contributed by atoms with Crippen LogP contribution in [0.15, 0.2) is 24.5 Å². The second-order valence-corrected chi connectivity index (χ2v) is 6.07. The molecule has 1 N–H and O–H groups in total. The molecule has 1 aliphatic heterocycles. The Morgan fingerprint density at radius 1 is 1.20 bits per heavy atom. The number of aromatic nitrogens is 1. The van der Waals surface area contributed by atoms with Crippen molar-refractivity contribution in [3.63, 3.8) is 0 Å². The van der Waals surface area contributed by atoms with Gasteiger partial charge < -0.3 is 5.11 Å². The van der Waals surface area contributed by atoms with Crippen molar-refractivity contribution in [2.75, 3.05) is 0 Å². The number of rotatable bonds is 3. The van der Waals surface area contributed by atoms with Gasteiger partial charge in [0.1, 0.15) is 6.04 Å². The van der Waals surface area contributed by atoms with Crippen LogP contribution < -0.4 is 0 Å². The van der Waals surface area contributed by atoms with Crippen molar-refractivity contribution >= 4 is 5.97 Å². The number of aliphatic carboxylic acids is 1. The van der Waals surface area contributed by atoms with Crippen LogP contribution in [0.5, 0.6) is 0 Å². The molecule has 1 aliphatic carbocycles. The summed E-state index contributed by atoms with van der Waals surface area (Å²) >= 11 is 0. The predicted octanol–water partition coefficient (Wildman–Crippen LogP) is 2.69. The van der Waals surface area contributed by atoms with Crippen LogP contribution in [-0.2, 0) is 11.3 Å². The average molecular weight is 274 g/mol. The lowest BCUT2D eigenvalue weighted by atomic mass is 9.76. The quantitative estimate of drug-likeness (QED) is 0.920. The van der Waals surface area contributed by atoms with E-state index in [1.807, 2.05) is 12.1 Å². The first-order valence-corrected chi connectivity index (χ1v) is 7.63. The van der Waals surface area contributed by atoms with Crippen LogP contribution in [0.25, 0.3) is 0 Å². The van der Waals surface area contributed by atoms with E-state index in [1.54, 1.807) is 12.4 Å². The van der Waals surface area contributed by atoms with Gasteiger partial charge in [-0.1, -0.05) is 12.8 Å². The number of hydrogen-bond donors (Lipinski definition) is 1. The Bertz CT molecular complexity index is 463. The van der Waals surface area contributed by atoms with Gasteiger partial charge in [-0.3, -0.25) is 14.7 Å². The van der Waals surface area contributed by atoms with Gasteiger partial charge in [0.15, 0.2) is 0 Å². The van der Waals surface area contributed by atoms with Crippen molar-refractivity contribution in [3.05, 3.63) is 30.1 Å². The number of carboxylic acids is 1. The maximum Gasteiger partial charge on any atom is 0.320 e. The van der Waals surface area contributed by atoms with E-state index in [1.165, 1.54) is 19.3 Å². The molecule has 2 aliphatic rings. The molecule has 0 spiro atoms. The topological polar surface area (TPSA) is 53.4 Å². The van der Waals surface area contributed by atoms with Crippen molar-refractivity contribution in [1.29, 1.82) is 0 Å². The van der Waals surface area contributed by atoms with E-state index in [4.69, 9.17) is 0 Å². The molecule has 4 heteroatoms. The first-order chi connectivity index (χ1) is 9.75. The summed E-state index contributed by atoms with van der Waals surface area (Å²) in [5, 5.41) is 9.52. The second-order valence-electron chi connectivity index (χ2n) is 6.07. The van der Waals surface area contributed by atoms with Crippen molar-refractivity contribution in [3.8, 4) is 0 Å². The summed E-state index contributed by atoms with van der Waals surface area (Å²) in [5.74, 6) is 0.0317. The molecule has 1 aromatic rings. The average Bonchev–Trinajstić information content (AvgIpc) is 2.48. The van der Waals surface area contributed by atoms with E-state index in [0.717, 1.165) is 31.4 Å². The Kier molecular flexibility index (Phi) is 4.01. The largest absolute Gasteiger partial charge is 0.480 e.